The van der Waals surface area contributed by atoms with E-state index in [4.69, 9.17) is 0 Å². The van der Waals surface area contributed by atoms with E-state index in [0.29, 0.717) is 9.54 Å². The van der Waals surface area contributed by atoms with Crippen LogP contribution in [-0.2, 0) is 21.3 Å². The standard InChI is InChI=1S/C13H9.C11H17.C6H10.2ClH.Zr/c1-3-7-12-10(5-1)9-11-6-2-4-8-13(11)12;1-8-6-9(2)10(7-8)11(3,4)5;1-2-4-6-5-3-1;;;/h1-9H;7-8H,1-5H3;1-5H2;2*1H;/q;;;;;+2/p-2. The SMILES string of the molecule is CC1=[C]([Zr+2](=[C]2CCCCC2)[CH]2c3ccccc3-c3ccccc32)C(C)C=C1C(C)(C)C.[Cl-].[Cl-]. The minimum atomic E-state index is -2.17. The summed E-state index contributed by atoms with van der Waals surface area (Å²) in [6.07, 6.45) is 9.66. The number of rotatable bonds is 2. The zero-order valence-electron chi connectivity index (χ0n) is 20.6. The molecule has 3 aliphatic carbocycles. The van der Waals surface area contributed by atoms with Gasteiger partial charge in [-0.1, -0.05) is 0 Å². The van der Waals surface area contributed by atoms with Gasteiger partial charge in [0.25, 0.3) is 0 Å². The van der Waals surface area contributed by atoms with Crippen molar-refractivity contribution >= 4 is 3.21 Å². The Hall–Kier alpha value is -0.747. The van der Waals surface area contributed by atoms with Gasteiger partial charge in [0.15, 0.2) is 0 Å². The summed E-state index contributed by atoms with van der Waals surface area (Å²) >= 11 is -2.17. The first-order valence-corrected chi connectivity index (χ1v) is 16.1. The molecule has 0 bridgehead atoms. The molecule has 0 radical (unpaired) electrons. The molecule has 1 atom stereocenters. The van der Waals surface area contributed by atoms with Crippen LogP contribution in [0.2, 0.25) is 0 Å². The van der Waals surface area contributed by atoms with Gasteiger partial charge in [0.1, 0.15) is 0 Å². The van der Waals surface area contributed by atoms with Crippen LogP contribution in [0.5, 0.6) is 0 Å². The van der Waals surface area contributed by atoms with Gasteiger partial charge >= 0.3 is 197 Å². The molecule has 3 heteroatoms. The first-order chi connectivity index (χ1) is 14.9. The van der Waals surface area contributed by atoms with E-state index in [1.807, 2.05) is 6.49 Å². The van der Waals surface area contributed by atoms with Gasteiger partial charge in [-0.25, -0.2) is 0 Å². The van der Waals surface area contributed by atoms with E-state index >= 15 is 0 Å². The van der Waals surface area contributed by atoms with E-state index in [2.05, 4.69) is 89.2 Å². The molecular formula is C30H36Cl2Zr. The van der Waals surface area contributed by atoms with Gasteiger partial charge < -0.3 is 24.8 Å². The minimum Gasteiger partial charge on any atom is -1.00 e. The molecule has 0 N–H and O–H groups in total. The van der Waals surface area contributed by atoms with Crippen molar-refractivity contribution in [2.75, 3.05) is 0 Å². The monoisotopic (exact) mass is 556 g/mol. The van der Waals surface area contributed by atoms with Crippen LogP contribution >= 0.6 is 0 Å². The summed E-state index contributed by atoms with van der Waals surface area (Å²) in [4.78, 5) is 0. The Morgan fingerprint density at radius 2 is 1.30 bits per heavy atom. The zero-order valence-corrected chi connectivity index (χ0v) is 24.6. The molecule has 5 rings (SSSR count). The largest absolute Gasteiger partial charge is 1.00 e. The van der Waals surface area contributed by atoms with E-state index in [1.54, 1.807) is 22.3 Å². The van der Waals surface area contributed by atoms with Crippen molar-refractivity contribution in [3.05, 3.63) is 80.2 Å². The molecular weight excluding hydrogens is 522 g/mol. The summed E-state index contributed by atoms with van der Waals surface area (Å²) in [7, 11) is 0. The van der Waals surface area contributed by atoms with Crippen molar-refractivity contribution in [2.45, 2.75) is 70.3 Å². The number of hydrogen-bond donors (Lipinski definition) is 0. The van der Waals surface area contributed by atoms with Gasteiger partial charge in [-0.2, -0.15) is 0 Å². The summed E-state index contributed by atoms with van der Waals surface area (Å²) in [6.45, 7) is 12.2. The van der Waals surface area contributed by atoms with Crippen molar-refractivity contribution in [1.29, 1.82) is 0 Å². The van der Waals surface area contributed by atoms with Crippen molar-refractivity contribution in [2.24, 2.45) is 11.3 Å². The molecule has 3 aliphatic rings. The molecule has 33 heavy (non-hydrogen) atoms. The van der Waals surface area contributed by atoms with E-state index in [-0.39, 0.29) is 30.2 Å². The fourth-order valence-electron chi connectivity index (χ4n) is 6.47. The molecule has 2 aromatic rings. The molecule has 0 heterocycles. The Bertz CT molecular complexity index is 1080. The zero-order chi connectivity index (χ0) is 21.8. The van der Waals surface area contributed by atoms with E-state index in [9.17, 15) is 0 Å². The van der Waals surface area contributed by atoms with Crippen molar-refractivity contribution < 1.29 is 46.1 Å². The molecule has 2 aromatic carbocycles. The van der Waals surface area contributed by atoms with Gasteiger partial charge in [0, 0.05) is 0 Å². The van der Waals surface area contributed by atoms with E-state index in [0.717, 1.165) is 0 Å². The van der Waals surface area contributed by atoms with Crippen molar-refractivity contribution in [3.8, 4) is 11.1 Å². The smallest absolute Gasteiger partial charge is 1.00 e. The van der Waals surface area contributed by atoms with E-state index in [1.165, 1.54) is 43.2 Å². The van der Waals surface area contributed by atoms with Crippen molar-refractivity contribution in [1.82, 2.24) is 0 Å². The second kappa shape index (κ2) is 10.5. The first-order valence-electron chi connectivity index (χ1n) is 12.2. The number of allylic oxidation sites excluding steroid dienone is 4. The Kier molecular flexibility index (Phi) is 8.52. The maximum atomic E-state index is 2.63. The van der Waals surface area contributed by atoms with Crippen LogP contribution in [-0.4, -0.2) is 3.21 Å². The molecule has 0 saturated heterocycles. The quantitative estimate of drug-likeness (QED) is 0.532. The maximum Gasteiger partial charge on any atom is -1.00 e. The third-order valence-electron chi connectivity index (χ3n) is 7.74. The Morgan fingerprint density at radius 1 is 0.788 bits per heavy atom. The van der Waals surface area contributed by atoms with Crippen LogP contribution in [0.25, 0.3) is 11.1 Å². The van der Waals surface area contributed by atoms with E-state index < -0.39 is 21.3 Å². The second-order valence-electron chi connectivity index (χ2n) is 10.8. The summed E-state index contributed by atoms with van der Waals surface area (Å²) in [5.74, 6) is 0.609. The summed E-state index contributed by atoms with van der Waals surface area (Å²) in [5.41, 5.74) is 9.78. The molecule has 174 valence electrons. The predicted molar refractivity (Wildman–Crippen MR) is 131 cm³/mol. The third kappa shape index (κ3) is 4.72. The van der Waals surface area contributed by atoms with Crippen LogP contribution in [0, 0.1) is 11.3 Å². The summed E-state index contributed by atoms with van der Waals surface area (Å²) in [5, 5.41) is 0. The molecule has 0 amide bonds. The number of benzene rings is 2. The van der Waals surface area contributed by atoms with Crippen LogP contribution in [0.3, 0.4) is 0 Å². The molecule has 1 fully saturated rings. The average Bonchev–Trinajstić information content (AvgIpc) is 3.25. The molecule has 1 saturated carbocycles. The number of hydrogen-bond acceptors (Lipinski definition) is 0. The Labute approximate surface area is 220 Å². The fourth-order valence-corrected chi connectivity index (χ4v) is 16.9. The van der Waals surface area contributed by atoms with Crippen LogP contribution < -0.4 is 24.8 Å². The van der Waals surface area contributed by atoms with Crippen LogP contribution in [0.4, 0.5) is 0 Å². The maximum absolute atomic E-state index is 2.63. The fraction of sp³-hybridized carbons (Fsp3) is 0.433. The van der Waals surface area contributed by atoms with Gasteiger partial charge in [-0.3, -0.25) is 0 Å². The average molecular weight is 559 g/mol. The predicted octanol–water partition coefficient (Wildman–Crippen LogP) is 2.42. The van der Waals surface area contributed by atoms with Gasteiger partial charge in [-0.05, 0) is 0 Å². The summed E-state index contributed by atoms with van der Waals surface area (Å²) in [6, 6.07) is 18.7. The number of fused-ring (bicyclic) bond motifs is 3. The van der Waals surface area contributed by atoms with Crippen LogP contribution in [0.1, 0.15) is 81.5 Å². The minimum absolute atomic E-state index is 0. The third-order valence-corrected chi connectivity index (χ3v) is 17.3. The molecule has 0 aromatic heterocycles. The molecule has 0 spiro atoms. The van der Waals surface area contributed by atoms with Crippen molar-refractivity contribution in [3.63, 3.8) is 0 Å². The van der Waals surface area contributed by atoms with Crippen LogP contribution in [0.15, 0.2) is 69.0 Å². The molecule has 0 nitrogen and oxygen atoms in total. The second-order valence-corrected chi connectivity index (χ2v) is 17.4. The van der Waals surface area contributed by atoms with Gasteiger partial charge in [-0.15, -0.1) is 0 Å². The summed E-state index contributed by atoms with van der Waals surface area (Å²) < 4.78 is 4.57. The first kappa shape index (κ1) is 26.9. The Morgan fingerprint density at radius 3 is 1.79 bits per heavy atom. The van der Waals surface area contributed by atoms with Gasteiger partial charge in [0.05, 0.1) is 0 Å². The normalized spacial score (nSPS) is 19.7. The van der Waals surface area contributed by atoms with Gasteiger partial charge in [0.2, 0.25) is 0 Å². The molecule has 1 unspecified atom stereocenters. The Balaban J connectivity index is 0.00000153. The number of halogens is 2. The molecule has 0 aliphatic heterocycles. The topological polar surface area (TPSA) is 0 Å².